The fourth-order valence-electron chi connectivity index (χ4n) is 3.28. The fraction of sp³-hybridized carbons (Fsp3) is 0.562. The van der Waals surface area contributed by atoms with Crippen molar-refractivity contribution in [3.8, 4) is 0 Å². The van der Waals surface area contributed by atoms with Crippen LogP contribution in [-0.4, -0.2) is 55.1 Å². The van der Waals surface area contributed by atoms with Crippen molar-refractivity contribution in [2.45, 2.75) is 30.9 Å². The summed E-state index contributed by atoms with van der Waals surface area (Å²) in [7, 11) is -3.21. The molecule has 0 atom stereocenters. The Morgan fingerprint density at radius 1 is 1.04 bits per heavy atom. The average Bonchev–Trinajstić information content (AvgIpc) is 3.12. The lowest BCUT2D eigenvalue weighted by Gasteiger charge is -2.35. The van der Waals surface area contributed by atoms with Crippen LogP contribution in [0.15, 0.2) is 24.3 Å². The third-order valence-corrected chi connectivity index (χ3v) is 7.36. The van der Waals surface area contributed by atoms with Gasteiger partial charge in [0.1, 0.15) is 0 Å². The van der Waals surface area contributed by atoms with Gasteiger partial charge < -0.3 is 10.2 Å². The summed E-state index contributed by atoms with van der Waals surface area (Å²) in [6.07, 6.45) is 3.51. The Labute approximate surface area is 147 Å². The highest BCUT2D eigenvalue weighted by molar-refractivity contribution is 7.89. The first-order valence-corrected chi connectivity index (χ1v) is 10.2. The monoisotopic (exact) mass is 371 g/mol. The zero-order chi connectivity index (χ0) is 17.2. The molecule has 2 amide bonds. The van der Waals surface area contributed by atoms with E-state index >= 15 is 0 Å². The Kier molecular flexibility index (Phi) is 5.32. The second-order valence-corrected chi connectivity index (χ2v) is 8.92. The summed E-state index contributed by atoms with van der Waals surface area (Å²) in [5.41, 5.74) is 0.672. The number of amides is 2. The quantitative estimate of drug-likeness (QED) is 0.888. The Morgan fingerprint density at radius 3 is 2.21 bits per heavy atom. The highest BCUT2D eigenvalue weighted by Gasteiger charge is 2.36. The predicted octanol–water partition coefficient (Wildman–Crippen LogP) is 2.76. The lowest BCUT2D eigenvalue weighted by molar-refractivity contribution is 0.184. The summed E-state index contributed by atoms with van der Waals surface area (Å²) in [5.74, 6) is 0. The molecule has 1 N–H and O–H groups in total. The topological polar surface area (TPSA) is 69.7 Å². The number of nitrogens with zero attached hydrogens (tertiary/aromatic N) is 2. The van der Waals surface area contributed by atoms with Crippen molar-refractivity contribution in [3.63, 3.8) is 0 Å². The van der Waals surface area contributed by atoms with Crippen LogP contribution < -0.4 is 5.32 Å². The van der Waals surface area contributed by atoms with E-state index in [1.165, 1.54) is 0 Å². The molecule has 1 heterocycles. The molecule has 6 nitrogen and oxygen atoms in total. The van der Waals surface area contributed by atoms with Crippen molar-refractivity contribution >= 4 is 33.3 Å². The number of sulfonamides is 1. The van der Waals surface area contributed by atoms with E-state index in [9.17, 15) is 13.2 Å². The van der Waals surface area contributed by atoms with Crippen LogP contribution in [0.25, 0.3) is 0 Å². The van der Waals surface area contributed by atoms with Crippen molar-refractivity contribution in [1.82, 2.24) is 9.21 Å². The van der Waals surface area contributed by atoms with Crippen LogP contribution in [0.5, 0.6) is 0 Å². The van der Waals surface area contributed by atoms with E-state index in [4.69, 9.17) is 11.6 Å². The minimum Gasteiger partial charge on any atom is -0.322 e. The molecule has 0 bridgehead atoms. The normalized spacial score (nSPS) is 20.3. The molecular weight excluding hydrogens is 350 g/mol. The fourth-order valence-corrected chi connectivity index (χ4v) is 5.43. The molecule has 24 heavy (non-hydrogen) atoms. The largest absolute Gasteiger partial charge is 0.322 e. The third kappa shape index (κ3) is 3.84. The number of benzene rings is 1. The molecule has 3 rings (SSSR count). The lowest BCUT2D eigenvalue weighted by Crippen LogP contribution is -2.53. The molecule has 1 aromatic rings. The van der Waals surface area contributed by atoms with Crippen LogP contribution in [0.4, 0.5) is 10.5 Å². The van der Waals surface area contributed by atoms with Gasteiger partial charge in [0.25, 0.3) is 0 Å². The molecule has 0 spiro atoms. The molecule has 1 aromatic carbocycles. The highest BCUT2D eigenvalue weighted by atomic mass is 35.5. The molecular formula is C16H22ClN3O3S. The van der Waals surface area contributed by atoms with E-state index in [-0.39, 0.29) is 11.3 Å². The molecule has 0 radical (unpaired) electrons. The summed E-state index contributed by atoms with van der Waals surface area (Å²) < 4.78 is 26.7. The second kappa shape index (κ2) is 7.29. The summed E-state index contributed by atoms with van der Waals surface area (Å²) in [6.45, 7) is 1.55. The molecule has 1 aliphatic heterocycles. The first-order chi connectivity index (χ1) is 11.5. The van der Waals surface area contributed by atoms with Gasteiger partial charge in [0, 0.05) is 36.9 Å². The maximum absolute atomic E-state index is 12.6. The van der Waals surface area contributed by atoms with Gasteiger partial charge in [-0.2, -0.15) is 4.31 Å². The van der Waals surface area contributed by atoms with Crippen molar-refractivity contribution in [2.75, 3.05) is 31.5 Å². The Bertz CT molecular complexity index is 679. The first-order valence-electron chi connectivity index (χ1n) is 8.27. The minimum atomic E-state index is -3.21. The van der Waals surface area contributed by atoms with Crippen molar-refractivity contribution < 1.29 is 13.2 Å². The van der Waals surface area contributed by atoms with Crippen LogP contribution in [-0.2, 0) is 10.0 Å². The van der Waals surface area contributed by atoms with Gasteiger partial charge in [-0.05, 0) is 37.1 Å². The molecule has 132 valence electrons. The van der Waals surface area contributed by atoms with Gasteiger partial charge in [0.05, 0.1) is 5.25 Å². The van der Waals surface area contributed by atoms with E-state index in [0.29, 0.717) is 36.9 Å². The van der Waals surface area contributed by atoms with Crippen LogP contribution in [0.2, 0.25) is 5.02 Å². The number of rotatable bonds is 3. The minimum absolute atomic E-state index is 0.213. The summed E-state index contributed by atoms with van der Waals surface area (Å²) in [5, 5.41) is 3.19. The van der Waals surface area contributed by atoms with Gasteiger partial charge in [-0.1, -0.05) is 24.4 Å². The Morgan fingerprint density at radius 2 is 1.62 bits per heavy atom. The van der Waals surface area contributed by atoms with E-state index in [2.05, 4.69) is 5.32 Å². The van der Waals surface area contributed by atoms with Gasteiger partial charge in [-0.25, -0.2) is 13.2 Å². The molecule has 0 aromatic heterocycles. The first kappa shape index (κ1) is 17.5. The zero-order valence-electron chi connectivity index (χ0n) is 13.4. The molecule has 0 unspecified atom stereocenters. The van der Waals surface area contributed by atoms with Gasteiger partial charge >= 0.3 is 6.03 Å². The average molecular weight is 372 g/mol. The maximum Gasteiger partial charge on any atom is 0.321 e. The number of halogens is 1. The SMILES string of the molecule is O=C(Nc1ccc(Cl)cc1)N1CCN(S(=O)(=O)C2CCCC2)CC1. The highest BCUT2D eigenvalue weighted by Crippen LogP contribution is 2.27. The molecule has 2 fully saturated rings. The number of urea groups is 1. The maximum atomic E-state index is 12.6. The van der Waals surface area contributed by atoms with Gasteiger partial charge in [0.2, 0.25) is 10.0 Å². The molecule has 1 saturated carbocycles. The molecule has 2 aliphatic rings. The summed E-state index contributed by atoms with van der Waals surface area (Å²) in [4.78, 5) is 13.9. The number of nitrogens with one attached hydrogen (secondary N) is 1. The number of anilines is 1. The number of hydrogen-bond donors (Lipinski definition) is 1. The molecule has 8 heteroatoms. The van der Waals surface area contributed by atoms with Crippen LogP contribution in [0, 0.1) is 0 Å². The third-order valence-electron chi connectivity index (χ3n) is 4.70. The summed E-state index contributed by atoms with van der Waals surface area (Å²) >= 11 is 5.82. The Balaban J connectivity index is 1.54. The molecule has 1 aliphatic carbocycles. The van der Waals surface area contributed by atoms with Crippen LogP contribution in [0.3, 0.4) is 0 Å². The predicted molar refractivity (Wildman–Crippen MR) is 94.8 cm³/mol. The number of piperazine rings is 1. The van der Waals surface area contributed by atoms with Crippen LogP contribution in [0.1, 0.15) is 25.7 Å². The standard InChI is InChI=1S/C16H22ClN3O3S/c17-13-5-7-14(8-6-13)18-16(21)19-9-11-20(12-10-19)24(22,23)15-3-1-2-4-15/h5-8,15H,1-4,9-12H2,(H,18,21). The Hall–Kier alpha value is -1.31. The molecule has 1 saturated heterocycles. The van der Waals surface area contributed by atoms with Crippen molar-refractivity contribution in [2.24, 2.45) is 0 Å². The van der Waals surface area contributed by atoms with Crippen molar-refractivity contribution in [1.29, 1.82) is 0 Å². The van der Waals surface area contributed by atoms with Gasteiger partial charge in [-0.15, -0.1) is 0 Å². The zero-order valence-corrected chi connectivity index (χ0v) is 15.0. The number of carbonyl (C=O) groups is 1. The van der Waals surface area contributed by atoms with Crippen molar-refractivity contribution in [3.05, 3.63) is 29.3 Å². The van der Waals surface area contributed by atoms with E-state index in [1.54, 1.807) is 33.5 Å². The second-order valence-electron chi connectivity index (χ2n) is 6.27. The van der Waals surface area contributed by atoms with Gasteiger partial charge in [-0.3, -0.25) is 0 Å². The van der Waals surface area contributed by atoms with E-state index in [1.807, 2.05) is 0 Å². The van der Waals surface area contributed by atoms with Crippen LogP contribution >= 0.6 is 11.6 Å². The lowest BCUT2D eigenvalue weighted by atomic mass is 10.3. The van der Waals surface area contributed by atoms with E-state index < -0.39 is 10.0 Å². The smallest absolute Gasteiger partial charge is 0.321 e. The number of hydrogen-bond acceptors (Lipinski definition) is 3. The number of carbonyl (C=O) groups excluding carboxylic acids is 1. The van der Waals surface area contributed by atoms with E-state index in [0.717, 1.165) is 25.7 Å². The van der Waals surface area contributed by atoms with Gasteiger partial charge in [0.15, 0.2) is 0 Å². The summed E-state index contributed by atoms with van der Waals surface area (Å²) in [6, 6.07) is 6.68.